The predicted octanol–water partition coefficient (Wildman–Crippen LogP) is -0.754. The molecular formula is C21H30N4O7. The van der Waals surface area contributed by atoms with Crippen LogP contribution in [0.2, 0.25) is 0 Å². The van der Waals surface area contributed by atoms with Crippen LogP contribution in [0.25, 0.3) is 0 Å². The van der Waals surface area contributed by atoms with Crippen molar-refractivity contribution < 1.29 is 34.2 Å². The Hall–Kier alpha value is -3.47. The molecule has 0 aromatic heterocycles. The zero-order valence-electron chi connectivity index (χ0n) is 18.2. The Morgan fingerprint density at radius 1 is 0.844 bits per heavy atom. The van der Waals surface area contributed by atoms with Crippen molar-refractivity contribution in [3.8, 4) is 0 Å². The maximum atomic E-state index is 12.5. The lowest BCUT2D eigenvalue weighted by Crippen LogP contribution is -2.57. The largest absolute Gasteiger partial charge is 0.481 e. The van der Waals surface area contributed by atoms with E-state index < -0.39 is 60.2 Å². The summed E-state index contributed by atoms with van der Waals surface area (Å²) in [5, 5.41) is 25.4. The summed E-state index contributed by atoms with van der Waals surface area (Å²) in [6.45, 7) is 4.70. The van der Waals surface area contributed by atoms with Crippen LogP contribution in [0.4, 0.5) is 0 Å². The highest BCUT2D eigenvalue weighted by molar-refractivity contribution is 5.95. The van der Waals surface area contributed by atoms with Gasteiger partial charge in [-0.1, -0.05) is 44.2 Å². The third-order valence-electron chi connectivity index (χ3n) is 4.68. The molecule has 0 heterocycles. The lowest BCUT2D eigenvalue weighted by atomic mass is 10.0. The number of nitrogens with one attached hydrogen (secondary N) is 3. The van der Waals surface area contributed by atoms with Crippen molar-refractivity contribution in [1.82, 2.24) is 16.0 Å². The van der Waals surface area contributed by atoms with E-state index in [0.29, 0.717) is 5.56 Å². The highest BCUT2D eigenvalue weighted by Gasteiger charge is 2.30. The molecule has 0 radical (unpaired) electrons. The second kappa shape index (κ2) is 12.4. The SMILES string of the molecule is CC(NC(=O)C(CC(=O)O)NC(=O)C(N)C(C)C)C(=O)NC(Cc1ccccc1)C(=O)O. The minimum Gasteiger partial charge on any atom is -0.481 e. The average molecular weight is 450 g/mol. The normalized spacial score (nSPS) is 14.5. The number of carboxylic acids is 2. The van der Waals surface area contributed by atoms with Crippen molar-refractivity contribution in [2.45, 2.75) is 57.8 Å². The maximum absolute atomic E-state index is 12.5. The molecule has 0 saturated carbocycles. The summed E-state index contributed by atoms with van der Waals surface area (Å²) < 4.78 is 0. The standard InChI is InChI=1S/C21H30N4O7/c1-11(2)17(22)20(30)24-14(10-16(26)27)19(29)23-12(3)18(28)25-15(21(31)32)9-13-7-5-4-6-8-13/h4-8,11-12,14-15,17H,9-10,22H2,1-3H3,(H,23,29)(H,24,30)(H,25,28)(H,26,27)(H,31,32). The summed E-state index contributed by atoms with van der Waals surface area (Å²) in [5.74, 6) is -5.22. The van der Waals surface area contributed by atoms with Gasteiger partial charge in [0.25, 0.3) is 0 Å². The third-order valence-corrected chi connectivity index (χ3v) is 4.68. The zero-order chi connectivity index (χ0) is 24.4. The van der Waals surface area contributed by atoms with Crippen LogP contribution in [-0.4, -0.2) is 64.0 Å². The lowest BCUT2D eigenvalue weighted by Gasteiger charge is -2.23. The molecule has 11 heteroatoms. The highest BCUT2D eigenvalue weighted by Crippen LogP contribution is 2.05. The Morgan fingerprint density at radius 3 is 1.91 bits per heavy atom. The van der Waals surface area contributed by atoms with Gasteiger partial charge in [-0.25, -0.2) is 4.79 Å². The van der Waals surface area contributed by atoms with Crippen LogP contribution in [0.5, 0.6) is 0 Å². The van der Waals surface area contributed by atoms with E-state index in [-0.39, 0.29) is 12.3 Å². The summed E-state index contributed by atoms with van der Waals surface area (Å²) >= 11 is 0. The van der Waals surface area contributed by atoms with Crippen LogP contribution in [-0.2, 0) is 30.4 Å². The summed E-state index contributed by atoms with van der Waals surface area (Å²) in [4.78, 5) is 59.7. The fraction of sp³-hybridized carbons (Fsp3) is 0.476. The van der Waals surface area contributed by atoms with Gasteiger partial charge in [0.2, 0.25) is 17.7 Å². The quantitative estimate of drug-likeness (QED) is 0.240. The van der Waals surface area contributed by atoms with Crippen molar-refractivity contribution >= 4 is 29.7 Å². The van der Waals surface area contributed by atoms with Gasteiger partial charge < -0.3 is 31.9 Å². The number of carbonyl (C=O) groups is 5. The lowest BCUT2D eigenvalue weighted by molar-refractivity contribution is -0.143. The first-order valence-electron chi connectivity index (χ1n) is 10.1. The summed E-state index contributed by atoms with van der Waals surface area (Å²) in [6, 6.07) is 3.85. The number of rotatable bonds is 12. The minimum atomic E-state index is -1.46. The summed E-state index contributed by atoms with van der Waals surface area (Å²) in [7, 11) is 0. The summed E-state index contributed by atoms with van der Waals surface area (Å²) in [6.07, 6.45) is -0.685. The fourth-order valence-electron chi connectivity index (χ4n) is 2.68. The topological polar surface area (TPSA) is 188 Å². The number of carbonyl (C=O) groups excluding carboxylic acids is 3. The van der Waals surface area contributed by atoms with Crippen molar-refractivity contribution in [1.29, 1.82) is 0 Å². The molecule has 176 valence electrons. The molecular weight excluding hydrogens is 420 g/mol. The molecule has 1 aromatic carbocycles. The average Bonchev–Trinajstić information content (AvgIpc) is 2.72. The van der Waals surface area contributed by atoms with Gasteiger partial charge in [-0.05, 0) is 18.4 Å². The van der Waals surface area contributed by atoms with Gasteiger partial charge in [0.05, 0.1) is 12.5 Å². The van der Waals surface area contributed by atoms with Crippen molar-refractivity contribution in [2.24, 2.45) is 11.7 Å². The molecule has 4 unspecified atom stereocenters. The van der Waals surface area contributed by atoms with E-state index in [2.05, 4.69) is 16.0 Å². The molecule has 0 fully saturated rings. The highest BCUT2D eigenvalue weighted by atomic mass is 16.4. The fourth-order valence-corrected chi connectivity index (χ4v) is 2.68. The van der Waals surface area contributed by atoms with Gasteiger partial charge in [-0.3, -0.25) is 19.2 Å². The Balaban J connectivity index is 2.79. The molecule has 7 N–H and O–H groups in total. The zero-order valence-corrected chi connectivity index (χ0v) is 18.2. The number of aliphatic carboxylic acids is 2. The van der Waals surface area contributed by atoms with Crippen LogP contribution in [0.1, 0.15) is 32.8 Å². The van der Waals surface area contributed by atoms with Crippen molar-refractivity contribution in [2.75, 3.05) is 0 Å². The Bertz CT molecular complexity index is 829. The van der Waals surface area contributed by atoms with Gasteiger partial charge in [-0.2, -0.15) is 0 Å². The minimum absolute atomic E-state index is 0.0351. The maximum Gasteiger partial charge on any atom is 0.326 e. The first-order chi connectivity index (χ1) is 14.9. The Labute approximate surface area is 185 Å². The number of amides is 3. The molecule has 1 rings (SSSR count). The monoisotopic (exact) mass is 450 g/mol. The molecule has 32 heavy (non-hydrogen) atoms. The number of hydrogen-bond acceptors (Lipinski definition) is 6. The van der Waals surface area contributed by atoms with Crippen LogP contribution in [0.15, 0.2) is 30.3 Å². The molecule has 0 spiro atoms. The Kier molecular flexibility index (Phi) is 10.3. The summed E-state index contributed by atoms with van der Waals surface area (Å²) in [5.41, 5.74) is 6.42. The van der Waals surface area contributed by atoms with E-state index in [0.717, 1.165) is 0 Å². The number of hydrogen-bond donors (Lipinski definition) is 6. The molecule has 11 nitrogen and oxygen atoms in total. The molecule has 0 bridgehead atoms. The van der Waals surface area contributed by atoms with Gasteiger partial charge in [-0.15, -0.1) is 0 Å². The van der Waals surface area contributed by atoms with Gasteiger partial charge in [0.1, 0.15) is 18.1 Å². The second-order valence-corrected chi connectivity index (χ2v) is 7.75. The first-order valence-corrected chi connectivity index (χ1v) is 10.1. The molecule has 0 aliphatic heterocycles. The van der Waals surface area contributed by atoms with Gasteiger partial charge >= 0.3 is 11.9 Å². The van der Waals surface area contributed by atoms with E-state index in [1.54, 1.807) is 44.2 Å². The first kappa shape index (κ1) is 26.6. The third kappa shape index (κ3) is 8.72. The van der Waals surface area contributed by atoms with Crippen LogP contribution >= 0.6 is 0 Å². The molecule has 0 saturated heterocycles. The molecule has 1 aromatic rings. The van der Waals surface area contributed by atoms with Gasteiger partial charge in [0.15, 0.2) is 0 Å². The molecule has 0 aliphatic rings. The number of benzene rings is 1. The van der Waals surface area contributed by atoms with Crippen molar-refractivity contribution in [3.05, 3.63) is 35.9 Å². The van der Waals surface area contributed by atoms with E-state index >= 15 is 0 Å². The molecule has 3 amide bonds. The van der Waals surface area contributed by atoms with Crippen molar-refractivity contribution in [3.63, 3.8) is 0 Å². The van der Waals surface area contributed by atoms with E-state index in [9.17, 15) is 29.1 Å². The predicted molar refractivity (Wildman–Crippen MR) is 114 cm³/mol. The Morgan fingerprint density at radius 2 is 1.41 bits per heavy atom. The molecule has 4 atom stereocenters. The van der Waals surface area contributed by atoms with Gasteiger partial charge in [0, 0.05) is 6.42 Å². The van der Waals surface area contributed by atoms with Crippen LogP contribution in [0.3, 0.4) is 0 Å². The second-order valence-electron chi connectivity index (χ2n) is 7.75. The number of carboxylic acid groups (broad SMARTS) is 2. The molecule has 0 aliphatic carbocycles. The van der Waals surface area contributed by atoms with Crippen LogP contribution < -0.4 is 21.7 Å². The number of nitrogens with two attached hydrogens (primary N) is 1. The van der Waals surface area contributed by atoms with E-state index in [1.165, 1.54) is 6.92 Å². The van der Waals surface area contributed by atoms with E-state index in [4.69, 9.17) is 10.8 Å². The van der Waals surface area contributed by atoms with Crippen LogP contribution in [0, 0.1) is 5.92 Å². The smallest absolute Gasteiger partial charge is 0.326 e. The van der Waals surface area contributed by atoms with E-state index in [1.807, 2.05) is 0 Å².